The van der Waals surface area contributed by atoms with Crippen molar-refractivity contribution in [3.8, 4) is 0 Å². The molecule has 0 fully saturated rings. The molecule has 5 nitrogen and oxygen atoms in total. The fourth-order valence-corrected chi connectivity index (χ4v) is 1.78. The number of nitrogens with one attached hydrogen (secondary N) is 1. The maximum atomic E-state index is 13.6. The second-order valence-corrected chi connectivity index (χ2v) is 4.80. The molecule has 0 radical (unpaired) electrons. The van der Waals surface area contributed by atoms with Gasteiger partial charge in [0.05, 0.1) is 16.7 Å². The lowest BCUT2D eigenvalue weighted by Crippen LogP contribution is -2.12. The van der Waals surface area contributed by atoms with Gasteiger partial charge in [0.2, 0.25) is 0 Å². The highest BCUT2D eigenvalue weighted by Crippen LogP contribution is 2.21. The lowest BCUT2D eigenvalue weighted by molar-refractivity contribution is -0.385. The van der Waals surface area contributed by atoms with E-state index >= 15 is 0 Å². The molecule has 0 aliphatic carbocycles. The molecule has 0 unspecified atom stereocenters. The van der Waals surface area contributed by atoms with Gasteiger partial charge in [-0.05, 0) is 30.3 Å². The van der Waals surface area contributed by atoms with Crippen LogP contribution in [0.25, 0.3) is 0 Å². The monoisotopic (exact) mass is 338 g/mol. The highest BCUT2D eigenvalue weighted by Gasteiger charge is 2.13. The van der Waals surface area contributed by atoms with E-state index in [9.17, 15) is 19.3 Å². The predicted octanol–water partition coefficient (Wildman–Crippen LogP) is 3.75. The van der Waals surface area contributed by atoms with Gasteiger partial charge in [0.1, 0.15) is 0 Å². The lowest BCUT2D eigenvalue weighted by atomic mass is 10.2. The van der Waals surface area contributed by atoms with Crippen LogP contribution in [-0.2, 0) is 0 Å². The Morgan fingerprint density at radius 1 is 1.20 bits per heavy atom. The molecule has 2 aromatic rings. The first-order valence-corrected chi connectivity index (χ1v) is 6.27. The average molecular weight is 339 g/mol. The van der Waals surface area contributed by atoms with Crippen LogP contribution in [0, 0.1) is 15.9 Å². The van der Waals surface area contributed by atoms with Crippen LogP contribution in [0.15, 0.2) is 46.9 Å². The Bertz CT molecular complexity index is 674. The molecule has 102 valence electrons. The van der Waals surface area contributed by atoms with Crippen molar-refractivity contribution in [3.63, 3.8) is 0 Å². The summed E-state index contributed by atoms with van der Waals surface area (Å²) in [5, 5.41) is 12.8. The van der Waals surface area contributed by atoms with E-state index in [4.69, 9.17) is 0 Å². The molecule has 0 saturated heterocycles. The standard InChI is InChI=1S/C13H8BrFN2O3/c14-9-3-1-8(2-4-9)13(18)16-12-6-5-10(17(19)20)7-11(12)15/h1-7H,(H,16,18). The maximum Gasteiger partial charge on any atom is 0.272 e. The van der Waals surface area contributed by atoms with Crippen LogP contribution in [0.5, 0.6) is 0 Å². The average Bonchev–Trinajstić information content (AvgIpc) is 2.41. The van der Waals surface area contributed by atoms with Crippen molar-refractivity contribution in [2.24, 2.45) is 0 Å². The number of carbonyl (C=O) groups is 1. The second kappa shape index (κ2) is 5.79. The fourth-order valence-electron chi connectivity index (χ4n) is 1.51. The molecule has 2 rings (SSSR count). The van der Waals surface area contributed by atoms with Gasteiger partial charge in [-0.1, -0.05) is 15.9 Å². The lowest BCUT2D eigenvalue weighted by Gasteiger charge is -2.06. The number of hydrogen-bond acceptors (Lipinski definition) is 3. The largest absolute Gasteiger partial charge is 0.319 e. The molecule has 2 aromatic carbocycles. The maximum absolute atomic E-state index is 13.6. The van der Waals surface area contributed by atoms with Crippen LogP contribution in [0.1, 0.15) is 10.4 Å². The summed E-state index contributed by atoms with van der Waals surface area (Å²) in [4.78, 5) is 21.7. The number of carbonyl (C=O) groups excluding carboxylic acids is 1. The summed E-state index contributed by atoms with van der Waals surface area (Å²) in [6.45, 7) is 0. The molecule has 1 N–H and O–H groups in total. The summed E-state index contributed by atoms with van der Waals surface area (Å²) >= 11 is 3.24. The quantitative estimate of drug-likeness (QED) is 0.684. The van der Waals surface area contributed by atoms with Gasteiger partial charge in [0.25, 0.3) is 11.6 Å². The van der Waals surface area contributed by atoms with Crippen molar-refractivity contribution in [1.29, 1.82) is 0 Å². The molecule has 0 saturated carbocycles. The predicted molar refractivity (Wildman–Crippen MR) is 75.1 cm³/mol. The van der Waals surface area contributed by atoms with E-state index < -0.39 is 16.6 Å². The van der Waals surface area contributed by atoms with Gasteiger partial charge in [0.15, 0.2) is 5.82 Å². The van der Waals surface area contributed by atoms with Crippen LogP contribution >= 0.6 is 15.9 Å². The van der Waals surface area contributed by atoms with E-state index in [-0.39, 0.29) is 11.4 Å². The number of nitro benzene ring substituents is 1. The van der Waals surface area contributed by atoms with Crippen LogP contribution < -0.4 is 5.32 Å². The van der Waals surface area contributed by atoms with E-state index in [0.717, 1.165) is 22.7 Å². The molecular weight excluding hydrogens is 331 g/mol. The number of benzene rings is 2. The zero-order valence-corrected chi connectivity index (χ0v) is 11.6. The first-order valence-electron chi connectivity index (χ1n) is 5.48. The van der Waals surface area contributed by atoms with Crippen molar-refractivity contribution in [2.45, 2.75) is 0 Å². The van der Waals surface area contributed by atoms with Gasteiger partial charge < -0.3 is 5.32 Å². The number of halogens is 2. The minimum absolute atomic E-state index is 0.108. The van der Waals surface area contributed by atoms with Crippen molar-refractivity contribution >= 4 is 33.2 Å². The fraction of sp³-hybridized carbons (Fsp3) is 0. The van der Waals surface area contributed by atoms with Crippen molar-refractivity contribution in [3.05, 3.63) is 68.4 Å². The molecule has 20 heavy (non-hydrogen) atoms. The molecule has 0 bridgehead atoms. The van der Waals surface area contributed by atoms with Gasteiger partial charge in [-0.15, -0.1) is 0 Å². The summed E-state index contributed by atoms with van der Waals surface area (Å²) in [7, 11) is 0. The van der Waals surface area contributed by atoms with E-state index in [1.165, 1.54) is 0 Å². The smallest absolute Gasteiger partial charge is 0.272 e. The van der Waals surface area contributed by atoms with Gasteiger partial charge in [-0.2, -0.15) is 0 Å². The molecule has 0 spiro atoms. The Kier molecular flexibility index (Phi) is 4.09. The zero-order valence-electron chi connectivity index (χ0n) is 9.97. The Hall–Kier alpha value is -2.28. The van der Waals surface area contributed by atoms with Gasteiger partial charge in [-0.3, -0.25) is 14.9 Å². The Labute approximate surface area is 121 Å². The molecule has 0 aliphatic rings. The van der Waals surface area contributed by atoms with Crippen LogP contribution in [0.4, 0.5) is 15.8 Å². The summed E-state index contributed by atoms with van der Waals surface area (Å²) in [6.07, 6.45) is 0. The minimum atomic E-state index is -0.857. The molecular formula is C13H8BrFN2O3. The third kappa shape index (κ3) is 3.18. The van der Waals surface area contributed by atoms with Crippen molar-refractivity contribution in [1.82, 2.24) is 0 Å². The van der Waals surface area contributed by atoms with Gasteiger partial charge >= 0.3 is 0 Å². The molecule has 7 heteroatoms. The van der Waals surface area contributed by atoms with E-state index in [1.807, 2.05) is 0 Å². The highest BCUT2D eigenvalue weighted by molar-refractivity contribution is 9.10. The number of amides is 1. The Morgan fingerprint density at radius 2 is 1.85 bits per heavy atom. The normalized spacial score (nSPS) is 10.1. The van der Waals surface area contributed by atoms with Crippen molar-refractivity contribution in [2.75, 3.05) is 5.32 Å². The summed E-state index contributed by atoms with van der Waals surface area (Å²) < 4.78 is 14.4. The summed E-state index contributed by atoms with van der Waals surface area (Å²) in [6, 6.07) is 9.55. The number of anilines is 1. The second-order valence-electron chi connectivity index (χ2n) is 3.88. The minimum Gasteiger partial charge on any atom is -0.319 e. The SMILES string of the molecule is O=C(Nc1ccc([N+](=O)[O-])cc1F)c1ccc(Br)cc1. The molecule has 1 amide bonds. The number of non-ortho nitro benzene ring substituents is 1. The van der Waals surface area contributed by atoms with Crippen LogP contribution in [0.3, 0.4) is 0 Å². The highest BCUT2D eigenvalue weighted by atomic mass is 79.9. The number of nitrogens with zero attached hydrogens (tertiary/aromatic N) is 1. The third-order valence-electron chi connectivity index (χ3n) is 2.52. The van der Waals surface area contributed by atoms with E-state index in [0.29, 0.717) is 5.56 Å². The number of rotatable bonds is 3. The molecule has 0 heterocycles. The molecule has 0 aromatic heterocycles. The van der Waals surface area contributed by atoms with Crippen LogP contribution in [-0.4, -0.2) is 10.8 Å². The first-order chi connectivity index (χ1) is 9.47. The zero-order chi connectivity index (χ0) is 14.7. The molecule has 0 atom stereocenters. The third-order valence-corrected chi connectivity index (χ3v) is 3.05. The van der Waals surface area contributed by atoms with Gasteiger partial charge in [-0.25, -0.2) is 4.39 Å². The van der Waals surface area contributed by atoms with E-state index in [1.54, 1.807) is 24.3 Å². The Morgan fingerprint density at radius 3 is 2.40 bits per heavy atom. The first kappa shape index (κ1) is 14.1. The van der Waals surface area contributed by atoms with Crippen LogP contribution in [0.2, 0.25) is 0 Å². The van der Waals surface area contributed by atoms with Crippen molar-refractivity contribution < 1.29 is 14.1 Å². The summed E-state index contributed by atoms with van der Waals surface area (Å²) in [5.74, 6) is -1.35. The number of nitro groups is 1. The van der Waals surface area contributed by atoms with Gasteiger partial charge in [0, 0.05) is 16.1 Å². The summed E-state index contributed by atoms with van der Waals surface area (Å²) in [5.41, 5.74) is -0.126. The topological polar surface area (TPSA) is 72.2 Å². The van der Waals surface area contributed by atoms with E-state index in [2.05, 4.69) is 21.2 Å². The Balaban J connectivity index is 2.19. The number of hydrogen-bond donors (Lipinski definition) is 1. The molecule has 0 aliphatic heterocycles.